The van der Waals surface area contributed by atoms with E-state index in [4.69, 9.17) is 4.74 Å². The Bertz CT molecular complexity index is 1100. The second-order valence-electron chi connectivity index (χ2n) is 7.54. The lowest BCUT2D eigenvalue weighted by Gasteiger charge is -2.47. The van der Waals surface area contributed by atoms with Crippen molar-refractivity contribution in [2.75, 3.05) is 11.9 Å². The molecule has 0 spiro atoms. The molecule has 2 amide bonds. The third-order valence-electron chi connectivity index (χ3n) is 5.64. The number of fused-ring (bicyclic) bond motifs is 3. The summed E-state index contributed by atoms with van der Waals surface area (Å²) in [7, 11) is 0. The molecule has 0 aliphatic carbocycles. The predicted octanol–water partition coefficient (Wildman–Crippen LogP) is 4.07. The second kappa shape index (κ2) is 7.86. The molecular weight excluding hydrogens is 398 g/mol. The van der Waals surface area contributed by atoms with Gasteiger partial charge in [-0.15, -0.1) is 0 Å². The Morgan fingerprint density at radius 3 is 2.55 bits per heavy atom. The number of nitro groups is 1. The molecule has 8 nitrogen and oxygen atoms in total. The first-order chi connectivity index (χ1) is 14.9. The van der Waals surface area contributed by atoms with E-state index in [0.717, 1.165) is 6.42 Å². The Morgan fingerprint density at radius 1 is 1.16 bits per heavy atom. The number of carbonyl (C=O) groups excluding carboxylic acids is 2. The number of non-ortho nitro benzene ring substituents is 1. The molecule has 1 atom stereocenters. The maximum absolute atomic E-state index is 13.6. The summed E-state index contributed by atoms with van der Waals surface area (Å²) >= 11 is 0. The van der Waals surface area contributed by atoms with Crippen LogP contribution in [0.2, 0.25) is 0 Å². The first kappa shape index (κ1) is 20.6. The quantitative estimate of drug-likeness (QED) is 0.579. The van der Waals surface area contributed by atoms with Crippen LogP contribution in [0.4, 0.5) is 11.4 Å². The molecule has 0 fully saturated rings. The Labute approximate surface area is 179 Å². The molecule has 0 radical (unpaired) electrons. The van der Waals surface area contributed by atoms with Crippen LogP contribution in [0, 0.1) is 10.1 Å². The first-order valence-corrected chi connectivity index (χ1v) is 10.3. The molecule has 1 unspecified atom stereocenters. The molecular formula is C23H23N3O5. The molecule has 1 N–H and O–H groups in total. The van der Waals surface area contributed by atoms with Crippen molar-refractivity contribution in [2.45, 2.75) is 38.8 Å². The van der Waals surface area contributed by atoms with Crippen LogP contribution < -0.4 is 5.32 Å². The van der Waals surface area contributed by atoms with Crippen molar-refractivity contribution >= 4 is 23.2 Å². The van der Waals surface area contributed by atoms with E-state index >= 15 is 0 Å². The lowest BCUT2D eigenvalue weighted by atomic mass is 9.88. The number of carbonyl (C=O) groups is 2. The predicted molar refractivity (Wildman–Crippen MR) is 114 cm³/mol. The highest BCUT2D eigenvalue weighted by atomic mass is 16.6. The lowest BCUT2D eigenvalue weighted by molar-refractivity contribution is -0.384. The zero-order chi connectivity index (χ0) is 22.2. The van der Waals surface area contributed by atoms with E-state index in [2.05, 4.69) is 5.32 Å². The molecule has 4 rings (SSSR count). The molecule has 2 heterocycles. The maximum Gasteiger partial charge on any atom is 0.271 e. The highest BCUT2D eigenvalue weighted by Gasteiger charge is 2.53. The summed E-state index contributed by atoms with van der Waals surface area (Å²) in [4.78, 5) is 38.7. The van der Waals surface area contributed by atoms with E-state index in [1.807, 2.05) is 44.2 Å². The van der Waals surface area contributed by atoms with Gasteiger partial charge in [-0.05, 0) is 18.9 Å². The van der Waals surface area contributed by atoms with Crippen LogP contribution in [0.1, 0.15) is 44.2 Å². The van der Waals surface area contributed by atoms with Gasteiger partial charge in [0.05, 0.1) is 16.2 Å². The molecule has 2 aromatic rings. The first-order valence-electron chi connectivity index (χ1n) is 10.3. The smallest absolute Gasteiger partial charge is 0.271 e. The number of hydrogen-bond acceptors (Lipinski definition) is 5. The van der Waals surface area contributed by atoms with E-state index < -0.39 is 16.6 Å². The van der Waals surface area contributed by atoms with Crippen molar-refractivity contribution in [3.63, 3.8) is 0 Å². The van der Waals surface area contributed by atoms with Crippen molar-refractivity contribution in [3.8, 4) is 0 Å². The maximum atomic E-state index is 13.6. The van der Waals surface area contributed by atoms with Gasteiger partial charge in [0.1, 0.15) is 12.3 Å². The molecule has 2 aromatic carbocycles. The third kappa shape index (κ3) is 3.24. The Kier molecular flexibility index (Phi) is 5.22. The summed E-state index contributed by atoms with van der Waals surface area (Å²) in [5, 5.41) is 14.1. The number of rotatable bonds is 5. The molecule has 160 valence electrons. The number of amides is 2. The molecule has 2 aliphatic heterocycles. The zero-order valence-electron chi connectivity index (χ0n) is 17.4. The Hall–Kier alpha value is -3.68. The van der Waals surface area contributed by atoms with Gasteiger partial charge >= 0.3 is 0 Å². The van der Waals surface area contributed by atoms with Crippen LogP contribution in [0.5, 0.6) is 0 Å². The molecule has 0 aromatic heterocycles. The van der Waals surface area contributed by atoms with Gasteiger partial charge in [-0.2, -0.15) is 0 Å². The van der Waals surface area contributed by atoms with Crippen LogP contribution in [-0.2, 0) is 20.1 Å². The van der Waals surface area contributed by atoms with E-state index in [1.54, 1.807) is 6.07 Å². The highest BCUT2D eigenvalue weighted by Crippen LogP contribution is 2.48. The van der Waals surface area contributed by atoms with Gasteiger partial charge in [-0.1, -0.05) is 44.2 Å². The fourth-order valence-electron chi connectivity index (χ4n) is 4.29. The number of nitrogens with zero attached hydrogens (tertiary/aromatic N) is 2. The molecule has 31 heavy (non-hydrogen) atoms. The normalized spacial score (nSPS) is 20.4. The van der Waals surface area contributed by atoms with Gasteiger partial charge in [-0.3, -0.25) is 24.6 Å². The topological polar surface area (TPSA) is 102 Å². The van der Waals surface area contributed by atoms with E-state index in [9.17, 15) is 19.7 Å². The summed E-state index contributed by atoms with van der Waals surface area (Å²) in [6, 6.07) is 13.4. The summed E-state index contributed by atoms with van der Waals surface area (Å²) in [5.74, 6) is -0.109. The van der Waals surface area contributed by atoms with Crippen LogP contribution in [0.25, 0.3) is 0 Å². The van der Waals surface area contributed by atoms with Crippen LogP contribution in [0.3, 0.4) is 0 Å². The van der Waals surface area contributed by atoms with Gasteiger partial charge in [0.15, 0.2) is 0 Å². The van der Waals surface area contributed by atoms with E-state index in [-0.39, 0.29) is 23.8 Å². The van der Waals surface area contributed by atoms with Gasteiger partial charge in [0.2, 0.25) is 11.6 Å². The van der Waals surface area contributed by atoms with Crippen molar-refractivity contribution in [3.05, 3.63) is 81.1 Å². The fourth-order valence-corrected chi connectivity index (χ4v) is 4.29. The van der Waals surface area contributed by atoms with Crippen molar-refractivity contribution in [1.82, 2.24) is 4.90 Å². The number of allylic oxidation sites excluding steroid dienone is 1. The van der Waals surface area contributed by atoms with Crippen molar-refractivity contribution < 1.29 is 19.2 Å². The standard InChI is InChI=1S/C23H23N3O5/c1-3-8-20-17(4-2)22(28)25-14-21(27)24-19-13-16(26(29)30)11-12-18(19)23(25,31-20)15-9-6-5-7-10-15/h5-7,9-13H,3-4,8,14H2,1-2H3,(H,24,27). The summed E-state index contributed by atoms with van der Waals surface area (Å²) in [6.45, 7) is 3.65. The molecule has 8 heteroatoms. The minimum absolute atomic E-state index is 0.156. The van der Waals surface area contributed by atoms with Gasteiger partial charge in [-0.25, -0.2) is 0 Å². The van der Waals surface area contributed by atoms with Crippen LogP contribution in [-0.4, -0.2) is 28.2 Å². The second-order valence-corrected chi connectivity index (χ2v) is 7.54. The zero-order valence-corrected chi connectivity index (χ0v) is 17.4. The Balaban J connectivity index is 2.06. The average molecular weight is 421 g/mol. The van der Waals surface area contributed by atoms with Gasteiger partial charge in [0.25, 0.3) is 11.6 Å². The molecule has 0 bridgehead atoms. The van der Waals surface area contributed by atoms with E-state index in [1.165, 1.54) is 17.0 Å². The summed E-state index contributed by atoms with van der Waals surface area (Å²) in [5.41, 5.74) is 0.383. The molecule has 2 aliphatic rings. The number of anilines is 1. The Morgan fingerprint density at radius 2 is 1.90 bits per heavy atom. The average Bonchev–Trinajstić information content (AvgIpc) is 2.89. The van der Waals surface area contributed by atoms with Crippen LogP contribution >= 0.6 is 0 Å². The van der Waals surface area contributed by atoms with Gasteiger partial charge < -0.3 is 10.1 Å². The van der Waals surface area contributed by atoms with Gasteiger partial charge in [0, 0.05) is 29.7 Å². The largest absolute Gasteiger partial charge is 0.463 e. The fraction of sp³-hybridized carbons (Fsp3) is 0.304. The minimum atomic E-state index is -1.41. The molecule has 0 saturated heterocycles. The molecule has 0 saturated carbocycles. The number of benzene rings is 2. The highest BCUT2D eigenvalue weighted by molar-refractivity contribution is 6.02. The number of ether oxygens (including phenoxy) is 1. The monoisotopic (exact) mass is 421 g/mol. The summed E-state index contributed by atoms with van der Waals surface area (Å²) in [6.07, 6.45) is 1.83. The van der Waals surface area contributed by atoms with Crippen LogP contribution in [0.15, 0.2) is 59.9 Å². The van der Waals surface area contributed by atoms with Crippen molar-refractivity contribution in [1.29, 1.82) is 0 Å². The van der Waals surface area contributed by atoms with E-state index in [0.29, 0.717) is 35.3 Å². The number of nitrogens with one attached hydrogen (secondary N) is 1. The lowest BCUT2D eigenvalue weighted by Crippen LogP contribution is -2.56. The number of hydrogen-bond donors (Lipinski definition) is 1. The minimum Gasteiger partial charge on any atom is -0.463 e. The SMILES string of the molecule is CCCC1=C(CC)C(=O)N2CC(=O)Nc3cc([N+](=O)[O-])ccc3C2(c2ccccc2)O1. The summed E-state index contributed by atoms with van der Waals surface area (Å²) < 4.78 is 6.66. The third-order valence-corrected chi connectivity index (χ3v) is 5.64. The number of nitro benzene ring substituents is 1. The van der Waals surface area contributed by atoms with Crippen molar-refractivity contribution in [2.24, 2.45) is 0 Å².